The maximum absolute atomic E-state index is 12.1. The minimum absolute atomic E-state index is 0.0456. The molecule has 10 heteroatoms. The van der Waals surface area contributed by atoms with Crippen LogP contribution >= 0.6 is 11.6 Å². The van der Waals surface area contributed by atoms with E-state index in [1.165, 1.54) is 17.1 Å². The summed E-state index contributed by atoms with van der Waals surface area (Å²) in [6, 6.07) is 0. The fourth-order valence-corrected chi connectivity index (χ4v) is 2.96. The van der Waals surface area contributed by atoms with E-state index in [0.717, 1.165) is 0 Å². The Hall–Kier alpha value is -1.58. The summed E-state index contributed by atoms with van der Waals surface area (Å²) in [5.41, 5.74) is 0.336. The molecule has 0 bridgehead atoms. The fraction of sp³-hybridized carbons (Fsp3) is 0.400. The molecule has 2 heterocycles. The number of methoxy groups -OCH3 is 1. The minimum Gasteiger partial charge on any atom is -0.383 e. The van der Waals surface area contributed by atoms with E-state index in [4.69, 9.17) is 16.3 Å². The second kappa shape index (κ2) is 5.81. The summed E-state index contributed by atoms with van der Waals surface area (Å²) in [6.07, 6.45) is 4.30. The van der Waals surface area contributed by atoms with Crippen molar-refractivity contribution in [2.45, 2.75) is 11.6 Å². The first-order valence-corrected chi connectivity index (χ1v) is 7.51. The van der Waals surface area contributed by atoms with E-state index in [-0.39, 0.29) is 10.2 Å². The van der Waals surface area contributed by atoms with Crippen LogP contribution in [0, 0.1) is 0 Å². The number of hydrogen-bond acceptors (Lipinski definition) is 5. The van der Waals surface area contributed by atoms with Gasteiger partial charge in [0.2, 0.25) is 5.03 Å². The predicted molar refractivity (Wildman–Crippen MR) is 73.1 cm³/mol. The van der Waals surface area contributed by atoms with Crippen LogP contribution in [0.15, 0.2) is 23.7 Å². The summed E-state index contributed by atoms with van der Waals surface area (Å²) >= 11 is 5.88. The van der Waals surface area contributed by atoms with Gasteiger partial charge in [0.15, 0.2) is 0 Å². The van der Waals surface area contributed by atoms with E-state index in [1.807, 2.05) is 0 Å². The van der Waals surface area contributed by atoms with Crippen molar-refractivity contribution in [1.82, 2.24) is 19.3 Å². The molecule has 0 atom stereocenters. The number of halogens is 1. The van der Waals surface area contributed by atoms with E-state index in [2.05, 4.69) is 14.8 Å². The first-order chi connectivity index (χ1) is 9.44. The highest BCUT2D eigenvalue weighted by atomic mass is 35.5. The third-order valence-corrected chi connectivity index (χ3v) is 4.37. The smallest absolute Gasteiger partial charge is 0.282 e. The SMILES string of the molecule is COCCn1cc(NS(=O)(=O)c2ncn(C)c2Cl)cn1. The number of nitrogens with zero attached hydrogens (tertiary/aromatic N) is 4. The monoisotopic (exact) mass is 319 g/mol. The molecule has 110 valence electrons. The predicted octanol–water partition coefficient (Wildman–Crippen LogP) is 0.717. The molecule has 0 saturated heterocycles. The van der Waals surface area contributed by atoms with Crippen LogP contribution in [0.1, 0.15) is 0 Å². The van der Waals surface area contributed by atoms with Crippen LogP contribution < -0.4 is 4.72 Å². The van der Waals surface area contributed by atoms with Crippen molar-refractivity contribution < 1.29 is 13.2 Å². The maximum Gasteiger partial charge on any atom is 0.282 e. The van der Waals surface area contributed by atoms with Gasteiger partial charge >= 0.3 is 0 Å². The van der Waals surface area contributed by atoms with Gasteiger partial charge in [-0.3, -0.25) is 9.40 Å². The molecule has 0 aromatic carbocycles. The van der Waals surface area contributed by atoms with Crippen LogP contribution in [-0.2, 0) is 28.4 Å². The molecule has 0 amide bonds. The van der Waals surface area contributed by atoms with E-state index in [0.29, 0.717) is 18.8 Å². The Labute approximate surface area is 121 Å². The standard InChI is InChI=1S/C10H14ClN5O3S/c1-15-7-12-10(9(15)11)20(17,18)14-8-5-13-16(6-8)3-4-19-2/h5-7,14H,3-4H2,1-2H3. The third kappa shape index (κ3) is 3.11. The highest BCUT2D eigenvalue weighted by molar-refractivity contribution is 7.92. The minimum atomic E-state index is -3.83. The van der Waals surface area contributed by atoms with Gasteiger partial charge in [-0.1, -0.05) is 11.6 Å². The molecule has 0 saturated carbocycles. The Balaban J connectivity index is 2.16. The van der Waals surface area contributed by atoms with Gasteiger partial charge in [-0.15, -0.1) is 0 Å². The number of rotatable bonds is 6. The second-order valence-corrected chi connectivity index (χ2v) is 6.00. The molecule has 0 radical (unpaired) electrons. The molecular weight excluding hydrogens is 306 g/mol. The summed E-state index contributed by atoms with van der Waals surface area (Å²) < 4.78 is 34.5. The zero-order valence-electron chi connectivity index (χ0n) is 10.9. The molecule has 8 nitrogen and oxygen atoms in total. The number of nitrogens with one attached hydrogen (secondary N) is 1. The van der Waals surface area contributed by atoms with Crippen molar-refractivity contribution >= 4 is 27.3 Å². The van der Waals surface area contributed by atoms with Crippen LogP contribution in [0.25, 0.3) is 0 Å². The Bertz CT molecular complexity index is 694. The molecule has 2 rings (SSSR count). The summed E-state index contributed by atoms with van der Waals surface area (Å²) in [5.74, 6) is 0. The molecule has 0 unspecified atom stereocenters. The largest absolute Gasteiger partial charge is 0.383 e. The Morgan fingerprint density at radius 2 is 2.25 bits per heavy atom. The van der Waals surface area contributed by atoms with Gasteiger partial charge in [-0.05, 0) is 0 Å². The molecule has 0 spiro atoms. The van der Waals surface area contributed by atoms with Gasteiger partial charge in [-0.25, -0.2) is 4.98 Å². The molecular formula is C10H14ClN5O3S. The highest BCUT2D eigenvalue weighted by Gasteiger charge is 2.22. The quantitative estimate of drug-likeness (QED) is 0.847. The van der Waals surface area contributed by atoms with E-state index in [9.17, 15) is 8.42 Å². The van der Waals surface area contributed by atoms with Crippen molar-refractivity contribution in [2.75, 3.05) is 18.4 Å². The average Bonchev–Trinajstić information content (AvgIpc) is 2.95. The number of anilines is 1. The van der Waals surface area contributed by atoms with Crippen LogP contribution in [-0.4, -0.2) is 41.5 Å². The van der Waals surface area contributed by atoms with E-state index < -0.39 is 10.0 Å². The maximum atomic E-state index is 12.1. The molecule has 0 fully saturated rings. The van der Waals surface area contributed by atoms with Crippen molar-refractivity contribution in [3.63, 3.8) is 0 Å². The Morgan fingerprint density at radius 3 is 2.85 bits per heavy atom. The van der Waals surface area contributed by atoms with Crippen LogP contribution in [0.5, 0.6) is 0 Å². The van der Waals surface area contributed by atoms with Gasteiger partial charge in [-0.2, -0.15) is 13.5 Å². The van der Waals surface area contributed by atoms with Gasteiger partial charge in [0.25, 0.3) is 10.0 Å². The van der Waals surface area contributed by atoms with Gasteiger partial charge in [0.1, 0.15) is 5.15 Å². The molecule has 2 aromatic rings. The van der Waals surface area contributed by atoms with Crippen LogP contribution in [0.2, 0.25) is 5.15 Å². The normalized spacial score (nSPS) is 11.8. The van der Waals surface area contributed by atoms with Crippen LogP contribution in [0.3, 0.4) is 0 Å². The molecule has 1 N–H and O–H groups in total. The Kier molecular flexibility index (Phi) is 4.31. The summed E-state index contributed by atoms with van der Waals surface area (Å²) in [4.78, 5) is 3.77. The molecule has 2 aromatic heterocycles. The van der Waals surface area contributed by atoms with Gasteiger partial charge in [0.05, 0.1) is 31.4 Å². The van der Waals surface area contributed by atoms with Gasteiger partial charge < -0.3 is 9.30 Å². The summed E-state index contributed by atoms with van der Waals surface area (Å²) in [7, 11) is -0.641. The number of ether oxygens (including phenoxy) is 1. The molecule has 0 aliphatic rings. The van der Waals surface area contributed by atoms with Crippen molar-refractivity contribution in [3.8, 4) is 0 Å². The summed E-state index contributed by atoms with van der Waals surface area (Å²) in [6.45, 7) is 1.02. The number of aryl methyl sites for hydroxylation is 1. The summed E-state index contributed by atoms with van der Waals surface area (Å²) in [5, 5.41) is 3.84. The third-order valence-electron chi connectivity index (χ3n) is 2.50. The number of hydrogen-bond donors (Lipinski definition) is 1. The molecule has 20 heavy (non-hydrogen) atoms. The topological polar surface area (TPSA) is 91.0 Å². The van der Waals surface area contributed by atoms with Crippen molar-refractivity contribution in [2.24, 2.45) is 7.05 Å². The highest BCUT2D eigenvalue weighted by Crippen LogP contribution is 2.21. The second-order valence-electron chi connectivity index (χ2n) is 4.04. The van der Waals surface area contributed by atoms with E-state index in [1.54, 1.807) is 25.0 Å². The zero-order chi connectivity index (χ0) is 14.8. The fourth-order valence-electron chi connectivity index (χ4n) is 1.50. The lowest BCUT2D eigenvalue weighted by atomic mass is 10.6. The number of imidazole rings is 1. The van der Waals surface area contributed by atoms with Gasteiger partial charge in [0, 0.05) is 20.4 Å². The lowest BCUT2D eigenvalue weighted by Gasteiger charge is -2.03. The lowest BCUT2D eigenvalue weighted by molar-refractivity contribution is 0.183. The zero-order valence-corrected chi connectivity index (χ0v) is 12.5. The Morgan fingerprint density at radius 1 is 1.50 bits per heavy atom. The first-order valence-electron chi connectivity index (χ1n) is 5.65. The average molecular weight is 320 g/mol. The van der Waals surface area contributed by atoms with Crippen molar-refractivity contribution in [1.29, 1.82) is 0 Å². The number of sulfonamides is 1. The van der Waals surface area contributed by atoms with Crippen LogP contribution in [0.4, 0.5) is 5.69 Å². The molecule has 0 aliphatic heterocycles. The lowest BCUT2D eigenvalue weighted by Crippen LogP contribution is -2.13. The number of aromatic nitrogens is 4. The van der Waals surface area contributed by atoms with Crippen molar-refractivity contribution in [3.05, 3.63) is 23.9 Å². The first kappa shape index (κ1) is 14.8. The molecule has 0 aliphatic carbocycles. The van der Waals surface area contributed by atoms with E-state index >= 15 is 0 Å².